The summed E-state index contributed by atoms with van der Waals surface area (Å²) >= 11 is 1.69. The standard InChI is InChI=1S/C22H32N4O3S/c1-2-11-24-12-9-18-19(10-13-24)30-21(23-18)26-15-14-25(22(26)29)17-6-3-16(4-7-17)5-8-20(27)28/h2,16-17H,1,3-15H2,(H,27,28)/t16-,17-. The van der Waals surface area contributed by atoms with Crippen LogP contribution in [0.25, 0.3) is 0 Å². The molecule has 164 valence electrons. The van der Waals surface area contributed by atoms with Gasteiger partial charge in [0.1, 0.15) is 0 Å². The number of carboxylic acids is 1. The lowest BCUT2D eigenvalue weighted by molar-refractivity contribution is -0.137. The zero-order valence-corrected chi connectivity index (χ0v) is 18.4. The van der Waals surface area contributed by atoms with Crippen molar-refractivity contribution >= 4 is 28.5 Å². The van der Waals surface area contributed by atoms with Gasteiger partial charge in [-0.05, 0) is 44.4 Å². The molecule has 1 N–H and O–H groups in total. The maximum absolute atomic E-state index is 13.1. The molecule has 1 saturated carbocycles. The number of amides is 2. The van der Waals surface area contributed by atoms with Gasteiger partial charge in [0.2, 0.25) is 0 Å². The lowest BCUT2D eigenvalue weighted by atomic mass is 9.83. The number of nitrogens with zero attached hydrogens (tertiary/aromatic N) is 4. The summed E-state index contributed by atoms with van der Waals surface area (Å²) in [4.78, 5) is 36.4. The third kappa shape index (κ3) is 4.70. The average molecular weight is 433 g/mol. The predicted molar refractivity (Wildman–Crippen MR) is 118 cm³/mol. The Kier molecular flexibility index (Phi) is 6.73. The lowest BCUT2D eigenvalue weighted by Crippen LogP contribution is -2.41. The molecule has 0 spiro atoms. The molecule has 0 aromatic carbocycles. The Labute approximate surface area is 182 Å². The van der Waals surface area contributed by atoms with Gasteiger partial charge in [-0.2, -0.15) is 0 Å². The number of rotatable bonds is 7. The second-order valence-electron chi connectivity index (χ2n) is 8.69. The fourth-order valence-electron chi connectivity index (χ4n) is 5.02. The monoisotopic (exact) mass is 432 g/mol. The van der Waals surface area contributed by atoms with E-state index in [0.29, 0.717) is 12.5 Å². The highest BCUT2D eigenvalue weighted by Gasteiger charge is 2.38. The quantitative estimate of drug-likeness (QED) is 0.669. The first-order valence-electron chi connectivity index (χ1n) is 11.2. The number of thiazole rings is 1. The number of aliphatic carboxylic acids is 1. The van der Waals surface area contributed by atoms with Gasteiger partial charge in [-0.3, -0.25) is 14.6 Å². The summed E-state index contributed by atoms with van der Waals surface area (Å²) < 4.78 is 0. The van der Waals surface area contributed by atoms with E-state index in [-0.39, 0.29) is 18.5 Å². The lowest BCUT2D eigenvalue weighted by Gasteiger charge is -2.34. The maximum atomic E-state index is 13.1. The molecular formula is C22H32N4O3S. The highest BCUT2D eigenvalue weighted by Crippen LogP contribution is 2.35. The van der Waals surface area contributed by atoms with Gasteiger partial charge < -0.3 is 10.0 Å². The third-order valence-corrected chi connectivity index (χ3v) is 7.95. The van der Waals surface area contributed by atoms with Crippen molar-refractivity contribution in [3.8, 4) is 0 Å². The smallest absolute Gasteiger partial charge is 0.326 e. The predicted octanol–water partition coefficient (Wildman–Crippen LogP) is 3.40. The van der Waals surface area contributed by atoms with Gasteiger partial charge in [-0.15, -0.1) is 17.9 Å². The number of urea groups is 1. The topological polar surface area (TPSA) is 77.0 Å². The molecule has 1 aliphatic carbocycles. The van der Waals surface area contributed by atoms with Crippen molar-refractivity contribution in [3.05, 3.63) is 23.2 Å². The van der Waals surface area contributed by atoms with E-state index < -0.39 is 5.97 Å². The van der Waals surface area contributed by atoms with Crippen molar-refractivity contribution in [2.24, 2.45) is 5.92 Å². The van der Waals surface area contributed by atoms with Crippen LogP contribution in [0.1, 0.15) is 49.1 Å². The van der Waals surface area contributed by atoms with Crippen LogP contribution in [0.5, 0.6) is 0 Å². The SMILES string of the molecule is C=CCN1CCc2nc(N3CCN([C@H]4CC[C@H](CCC(=O)O)CC4)C3=O)sc2CC1. The Hall–Kier alpha value is -1.93. The minimum atomic E-state index is -0.710. The van der Waals surface area contributed by atoms with Crippen LogP contribution in [0.4, 0.5) is 9.93 Å². The zero-order valence-electron chi connectivity index (χ0n) is 17.6. The van der Waals surface area contributed by atoms with Crippen molar-refractivity contribution in [3.63, 3.8) is 0 Å². The van der Waals surface area contributed by atoms with Crippen LogP contribution in [0, 0.1) is 5.92 Å². The van der Waals surface area contributed by atoms with Crippen molar-refractivity contribution in [2.75, 3.05) is 37.6 Å². The normalized spacial score (nSPS) is 25.3. The number of hydrogen-bond acceptors (Lipinski definition) is 5. The number of aromatic nitrogens is 1. The molecule has 8 heteroatoms. The Balaban J connectivity index is 1.33. The van der Waals surface area contributed by atoms with E-state index in [2.05, 4.69) is 11.5 Å². The van der Waals surface area contributed by atoms with Gasteiger partial charge in [-0.1, -0.05) is 6.08 Å². The number of hydrogen-bond donors (Lipinski definition) is 1. The average Bonchev–Trinajstić information content (AvgIpc) is 3.27. The fraction of sp³-hybridized carbons (Fsp3) is 0.682. The second kappa shape index (κ2) is 9.47. The Bertz CT molecular complexity index is 762. The summed E-state index contributed by atoms with van der Waals surface area (Å²) in [7, 11) is 0. The molecule has 3 aliphatic rings. The van der Waals surface area contributed by atoms with Gasteiger partial charge in [0.25, 0.3) is 0 Å². The van der Waals surface area contributed by atoms with E-state index in [4.69, 9.17) is 10.1 Å². The molecule has 0 atom stereocenters. The van der Waals surface area contributed by atoms with Crippen LogP contribution in [0.2, 0.25) is 0 Å². The highest BCUT2D eigenvalue weighted by atomic mass is 32.1. The van der Waals surface area contributed by atoms with E-state index in [1.807, 2.05) is 15.9 Å². The van der Waals surface area contributed by atoms with E-state index in [1.54, 1.807) is 11.3 Å². The summed E-state index contributed by atoms with van der Waals surface area (Å²) in [6, 6.07) is 0.384. The second-order valence-corrected chi connectivity index (χ2v) is 9.75. The molecule has 4 rings (SSSR count). The largest absolute Gasteiger partial charge is 0.481 e. The summed E-state index contributed by atoms with van der Waals surface area (Å²) in [5.74, 6) is -0.223. The molecule has 2 aliphatic heterocycles. The minimum absolute atomic E-state index is 0.0983. The van der Waals surface area contributed by atoms with Crippen LogP contribution in [-0.2, 0) is 17.6 Å². The molecule has 3 heterocycles. The number of carbonyl (C=O) groups excluding carboxylic acids is 1. The van der Waals surface area contributed by atoms with E-state index in [9.17, 15) is 9.59 Å². The molecule has 2 amide bonds. The van der Waals surface area contributed by atoms with Crippen LogP contribution in [-0.4, -0.2) is 70.7 Å². The number of carboxylic acid groups (broad SMARTS) is 1. The van der Waals surface area contributed by atoms with E-state index in [0.717, 1.165) is 82.0 Å². The first kappa shape index (κ1) is 21.3. The van der Waals surface area contributed by atoms with Crippen molar-refractivity contribution in [2.45, 2.75) is 57.4 Å². The van der Waals surface area contributed by atoms with E-state index in [1.165, 1.54) is 4.88 Å². The molecule has 0 radical (unpaired) electrons. The Morgan fingerprint density at radius 1 is 1.17 bits per heavy atom. The van der Waals surface area contributed by atoms with Crippen molar-refractivity contribution in [1.82, 2.24) is 14.8 Å². The van der Waals surface area contributed by atoms with Gasteiger partial charge in [-0.25, -0.2) is 9.78 Å². The zero-order chi connectivity index (χ0) is 21.1. The van der Waals surface area contributed by atoms with Gasteiger partial charge in [0, 0.05) is 56.5 Å². The number of fused-ring (bicyclic) bond motifs is 1. The van der Waals surface area contributed by atoms with Gasteiger partial charge in [0.05, 0.1) is 5.69 Å². The summed E-state index contributed by atoms with van der Waals surface area (Å²) in [6.45, 7) is 8.24. The molecule has 0 bridgehead atoms. The minimum Gasteiger partial charge on any atom is -0.481 e. The molecular weight excluding hydrogens is 400 g/mol. The van der Waals surface area contributed by atoms with Crippen LogP contribution < -0.4 is 4.90 Å². The highest BCUT2D eigenvalue weighted by molar-refractivity contribution is 7.16. The summed E-state index contributed by atoms with van der Waals surface area (Å²) in [5, 5.41) is 9.75. The van der Waals surface area contributed by atoms with Crippen LogP contribution >= 0.6 is 11.3 Å². The third-order valence-electron chi connectivity index (χ3n) is 6.77. The first-order chi connectivity index (χ1) is 14.5. The number of anilines is 1. The van der Waals surface area contributed by atoms with Crippen LogP contribution in [0.3, 0.4) is 0 Å². The molecule has 30 heavy (non-hydrogen) atoms. The van der Waals surface area contributed by atoms with Crippen molar-refractivity contribution < 1.29 is 14.7 Å². The summed E-state index contributed by atoms with van der Waals surface area (Å²) in [5.41, 5.74) is 1.16. The van der Waals surface area contributed by atoms with Gasteiger partial charge in [0.15, 0.2) is 5.13 Å². The molecule has 1 aromatic rings. The van der Waals surface area contributed by atoms with Gasteiger partial charge >= 0.3 is 12.0 Å². The van der Waals surface area contributed by atoms with E-state index >= 15 is 0 Å². The summed E-state index contributed by atoms with van der Waals surface area (Å²) in [6.07, 6.45) is 8.91. The first-order valence-corrected chi connectivity index (χ1v) is 12.0. The Morgan fingerprint density at radius 3 is 2.67 bits per heavy atom. The van der Waals surface area contributed by atoms with Crippen molar-refractivity contribution in [1.29, 1.82) is 0 Å². The molecule has 1 saturated heterocycles. The molecule has 0 unspecified atom stereocenters. The van der Waals surface area contributed by atoms with Crippen LogP contribution in [0.15, 0.2) is 12.7 Å². The maximum Gasteiger partial charge on any atom is 0.326 e. The molecule has 7 nitrogen and oxygen atoms in total. The number of carbonyl (C=O) groups is 2. The molecule has 1 aromatic heterocycles. The Morgan fingerprint density at radius 2 is 1.93 bits per heavy atom. The fourth-order valence-corrected chi connectivity index (χ4v) is 6.13. The molecule has 2 fully saturated rings.